The average molecular weight is 300 g/mol. The number of ether oxygens (including phenoxy) is 1. The standard InChI is InChI=1S/C16H20N4O2/c1-22-14-5-3-13(4-6-14)20-11-7-15(18-20)16(21)19-10-2-8-17-9-12-19/h3-7,11,17H,2,8-10,12H2,1H3. The molecule has 0 unspecified atom stereocenters. The Morgan fingerprint density at radius 1 is 1.18 bits per heavy atom. The van der Waals surface area contributed by atoms with Gasteiger partial charge < -0.3 is 15.0 Å². The zero-order valence-corrected chi connectivity index (χ0v) is 12.7. The number of carbonyl (C=O) groups is 1. The van der Waals surface area contributed by atoms with E-state index in [1.807, 2.05) is 35.4 Å². The summed E-state index contributed by atoms with van der Waals surface area (Å²) >= 11 is 0. The minimum atomic E-state index is -0.00374. The molecule has 1 N–H and O–H groups in total. The zero-order chi connectivity index (χ0) is 15.4. The van der Waals surface area contributed by atoms with Gasteiger partial charge in [-0.1, -0.05) is 0 Å². The highest BCUT2D eigenvalue weighted by molar-refractivity contribution is 5.92. The minimum absolute atomic E-state index is 0.00374. The summed E-state index contributed by atoms with van der Waals surface area (Å²) in [6.45, 7) is 3.31. The Morgan fingerprint density at radius 2 is 2.00 bits per heavy atom. The Morgan fingerprint density at radius 3 is 2.77 bits per heavy atom. The predicted molar refractivity (Wildman–Crippen MR) is 83.5 cm³/mol. The van der Waals surface area contributed by atoms with Gasteiger partial charge in [-0.3, -0.25) is 4.79 Å². The number of benzene rings is 1. The number of nitrogens with zero attached hydrogens (tertiary/aromatic N) is 3. The molecule has 6 nitrogen and oxygen atoms in total. The van der Waals surface area contributed by atoms with E-state index in [4.69, 9.17) is 4.74 Å². The lowest BCUT2D eigenvalue weighted by Gasteiger charge is -2.18. The number of amides is 1. The summed E-state index contributed by atoms with van der Waals surface area (Å²) in [5.41, 5.74) is 1.38. The molecule has 0 saturated carbocycles. The maximum absolute atomic E-state index is 12.5. The Bertz CT molecular complexity index is 628. The third kappa shape index (κ3) is 3.12. The summed E-state index contributed by atoms with van der Waals surface area (Å²) in [4.78, 5) is 14.4. The van der Waals surface area contributed by atoms with Crippen molar-refractivity contribution in [2.45, 2.75) is 6.42 Å². The molecular weight excluding hydrogens is 280 g/mol. The van der Waals surface area contributed by atoms with Crippen LogP contribution in [0.5, 0.6) is 5.75 Å². The van der Waals surface area contributed by atoms with Gasteiger partial charge in [-0.05, 0) is 43.3 Å². The van der Waals surface area contributed by atoms with Gasteiger partial charge in [0.25, 0.3) is 5.91 Å². The molecule has 22 heavy (non-hydrogen) atoms. The van der Waals surface area contributed by atoms with Crippen molar-refractivity contribution in [1.29, 1.82) is 0 Å². The molecule has 1 aliphatic heterocycles. The van der Waals surface area contributed by atoms with Crippen LogP contribution in [0, 0.1) is 0 Å². The molecule has 2 aromatic rings. The van der Waals surface area contributed by atoms with Gasteiger partial charge in [0.15, 0.2) is 5.69 Å². The molecule has 1 saturated heterocycles. The number of methoxy groups -OCH3 is 1. The average Bonchev–Trinajstić information content (AvgIpc) is 2.90. The lowest BCUT2D eigenvalue weighted by atomic mass is 10.3. The topological polar surface area (TPSA) is 59.4 Å². The van der Waals surface area contributed by atoms with E-state index in [2.05, 4.69) is 10.4 Å². The Labute approximate surface area is 129 Å². The van der Waals surface area contributed by atoms with E-state index in [9.17, 15) is 4.79 Å². The smallest absolute Gasteiger partial charge is 0.274 e. The first-order valence-electron chi connectivity index (χ1n) is 7.48. The third-order valence-electron chi connectivity index (χ3n) is 3.77. The molecule has 0 bridgehead atoms. The van der Waals surface area contributed by atoms with Crippen molar-refractivity contribution in [1.82, 2.24) is 20.0 Å². The summed E-state index contributed by atoms with van der Waals surface area (Å²) in [6, 6.07) is 9.34. The highest BCUT2D eigenvalue weighted by Gasteiger charge is 2.19. The maximum atomic E-state index is 12.5. The predicted octanol–water partition coefficient (Wildman–Crippen LogP) is 1.32. The van der Waals surface area contributed by atoms with E-state index >= 15 is 0 Å². The van der Waals surface area contributed by atoms with Crippen molar-refractivity contribution in [3.05, 3.63) is 42.2 Å². The molecule has 1 fully saturated rings. The lowest BCUT2D eigenvalue weighted by Crippen LogP contribution is -2.34. The fourth-order valence-electron chi connectivity index (χ4n) is 2.53. The third-order valence-corrected chi connectivity index (χ3v) is 3.77. The summed E-state index contributed by atoms with van der Waals surface area (Å²) < 4.78 is 6.85. The fourth-order valence-corrected chi connectivity index (χ4v) is 2.53. The van der Waals surface area contributed by atoms with Crippen molar-refractivity contribution < 1.29 is 9.53 Å². The molecule has 2 heterocycles. The molecule has 0 spiro atoms. The van der Waals surface area contributed by atoms with Crippen LogP contribution in [-0.2, 0) is 0 Å². The van der Waals surface area contributed by atoms with Gasteiger partial charge in [0.1, 0.15) is 5.75 Å². The maximum Gasteiger partial charge on any atom is 0.274 e. The molecule has 1 amide bonds. The number of rotatable bonds is 3. The van der Waals surface area contributed by atoms with Crippen molar-refractivity contribution in [3.8, 4) is 11.4 Å². The normalized spacial score (nSPS) is 15.4. The quantitative estimate of drug-likeness (QED) is 0.928. The molecule has 0 atom stereocenters. The first kappa shape index (κ1) is 14.6. The van der Waals surface area contributed by atoms with Crippen LogP contribution in [0.4, 0.5) is 0 Å². The SMILES string of the molecule is COc1ccc(-n2ccc(C(=O)N3CCCNCC3)n2)cc1. The Hall–Kier alpha value is -2.34. The van der Waals surface area contributed by atoms with E-state index in [1.54, 1.807) is 17.9 Å². The number of hydrogen-bond donors (Lipinski definition) is 1. The van der Waals surface area contributed by atoms with Crippen LogP contribution in [0.15, 0.2) is 36.5 Å². The van der Waals surface area contributed by atoms with Gasteiger partial charge in [0, 0.05) is 25.8 Å². The van der Waals surface area contributed by atoms with E-state index in [0.29, 0.717) is 5.69 Å². The van der Waals surface area contributed by atoms with Crippen LogP contribution in [0.1, 0.15) is 16.9 Å². The van der Waals surface area contributed by atoms with Gasteiger partial charge in [-0.2, -0.15) is 5.10 Å². The van der Waals surface area contributed by atoms with Crippen LogP contribution in [-0.4, -0.2) is 53.9 Å². The molecule has 1 aromatic carbocycles. The number of carbonyl (C=O) groups excluding carboxylic acids is 1. The lowest BCUT2D eigenvalue weighted by molar-refractivity contribution is 0.0760. The second-order valence-electron chi connectivity index (χ2n) is 5.24. The van der Waals surface area contributed by atoms with Gasteiger partial charge in [0.2, 0.25) is 0 Å². The summed E-state index contributed by atoms with van der Waals surface area (Å²) in [7, 11) is 1.63. The van der Waals surface area contributed by atoms with E-state index in [-0.39, 0.29) is 5.91 Å². The summed E-state index contributed by atoms with van der Waals surface area (Å²) in [5.74, 6) is 0.792. The van der Waals surface area contributed by atoms with Crippen LogP contribution in [0.3, 0.4) is 0 Å². The molecule has 6 heteroatoms. The van der Waals surface area contributed by atoms with Crippen molar-refractivity contribution in [2.24, 2.45) is 0 Å². The highest BCUT2D eigenvalue weighted by atomic mass is 16.5. The van der Waals surface area contributed by atoms with Gasteiger partial charge in [-0.15, -0.1) is 0 Å². The molecule has 0 aliphatic carbocycles. The van der Waals surface area contributed by atoms with Crippen molar-refractivity contribution in [3.63, 3.8) is 0 Å². The summed E-state index contributed by atoms with van der Waals surface area (Å²) in [5, 5.41) is 7.70. The second kappa shape index (κ2) is 6.62. The van der Waals surface area contributed by atoms with E-state index in [1.165, 1.54) is 0 Å². The molecule has 1 aliphatic rings. The molecule has 0 radical (unpaired) electrons. The molecule has 116 valence electrons. The summed E-state index contributed by atoms with van der Waals surface area (Å²) in [6.07, 6.45) is 2.79. The van der Waals surface area contributed by atoms with Gasteiger partial charge in [-0.25, -0.2) is 4.68 Å². The Kier molecular flexibility index (Phi) is 4.39. The van der Waals surface area contributed by atoms with Crippen LogP contribution in [0.25, 0.3) is 5.69 Å². The van der Waals surface area contributed by atoms with E-state index < -0.39 is 0 Å². The molecule has 1 aromatic heterocycles. The first-order chi connectivity index (χ1) is 10.8. The minimum Gasteiger partial charge on any atom is -0.497 e. The number of hydrogen-bond acceptors (Lipinski definition) is 4. The highest BCUT2D eigenvalue weighted by Crippen LogP contribution is 2.15. The largest absolute Gasteiger partial charge is 0.497 e. The van der Waals surface area contributed by atoms with Crippen molar-refractivity contribution >= 4 is 5.91 Å². The van der Waals surface area contributed by atoms with Gasteiger partial charge >= 0.3 is 0 Å². The van der Waals surface area contributed by atoms with Crippen molar-refractivity contribution in [2.75, 3.05) is 33.3 Å². The number of aromatic nitrogens is 2. The first-order valence-corrected chi connectivity index (χ1v) is 7.48. The van der Waals surface area contributed by atoms with Crippen LogP contribution < -0.4 is 10.1 Å². The van der Waals surface area contributed by atoms with Crippen LogP contribution in [0.2, 0.25) is 0 Å². The second-order valence-corrected chi connectivity index (χ2v) is 5.24. The molecule has 3 rings (SSSR count). The van der Waals surface area contributed by atoms with E-state index in [0.717, 1.165) is 44.0 Å². The Balaban J connectivity index is 1.75. The zero-order valence-electron chi connectivity index (χ0n) is 12.7. The van der Waals surface area contributed by atoms with Gasteiger partial charge in [0.05, 0.1) is 12.8 Å². The fraction of sp³-hybridized carbons (Fsp3) is 0.375. The molecular formula is C16H20N4O2. The van der Waals surface area contributed by atoms with Crippen LogP contribution >= 0.6 is 0 Å². The number of nitrogens with one attached hydrogen (secondary N) is 1. The monoisotopic (exact) mass is 300 g/mol.